The van der Waals surface area contributed by atoms with Crippen LogP contribution in [0.5, 0.6) is 0 Å². The second kappa shape index (κ2) is 5.16. The summed E-state index contributed by atoms with van der Waals surface area (Å²) in [6.07, 6.45) is 0.459. The molecule has 1 aromatic heterocycles. The van der Waals surface area contributed by atoms with Crippen LogP contribution in [-0.2, 0) is 0 Å². The molecule has 0 aliphatic heterocycles. The quantitative estimate of drug-likeness (QED) is 0.948. The maximum absolute atomic E-state index is 13.0. The number of aromatic nitrogens is 3. The molecule has 1 aromatic carbocycles. The monoisotopic (exact) mass is 313 g/mol. The van der Waals surface area contributed by atoms with E-state index in [1.807, 2.05) is 13.8 Å². The third kappa shape index (κ3) is 2.44. The summed E-state index contributed by atoms with van der Waals surface area (Å²) in [4.78, 5) is 4.06. The van der Waals surface area contributed by atoms with E-state index in [2.05, 4.69) is 26.0 Å². The minimum Gasteiger partial charge on any atom is -0.380 e. The van der Waals surface area contributed by atoms with Crippen molar-refractivity contribution in [2.24, 2.45) is 0 Å². The smallest absolute Gasteiger partial charge is 0.160 e. The Labute approximate surface area is 113 Å². The Balaban J connectivity index is 2.41. The molecule has 2 aromatic rings. The molecular formula is C12H13BrFN3O. The van der Waals surface area contributed by atoms with Gasteiger partial charge in [-0.1, -0.05) is 22.0 Å². The number of rotatable bonds is 3. The Kier molecular flexibility index (Phi) is 3.77. The summed E-state index contributed by atoms with van der Waals surface area (Å²) >= 11 is 3.24. The van der Waals surface area contributed by atoms with Crippen LogP contribution in [0.2, 0.25) is 0 Å². The molecule has 0 radical (unpaired) electrons. The zero-order valence-corrected chi connectivity index (χ0v) is 11.6. The number of halogens is 2. The summed E-state index contributed by atoms with van der Waals surface area (Å²) in [6, 6.07) is 4.24. The van der Waals surface area contributed by atoms with Crippen molar-refractivity contribution in [1.82, 2.24) is 14.8 Å². The van der Waals surface area contributed by atoms with Crippen molar-refractivity contribution < 1.29 is 9.50 Å². The molecule has 0 spiro atoms. The Hall–Kier alpha value is -1.27. The lowest BCUT2D eigenvalue weighted by atomic mass is 10.1. The molecule has 0 amide bonds. The van der Waals surface area contributed by atoms with E-state index in [4.69, 9.17) is 0 Å². The highest BCUT2D eigenvalue weighted by Crippen LogP contribution is 2.28. The first-order valence-electron chi connectivity index (χ1n) is 5.53. The lowest BCUT2D eigenvalue weighted by molar-refractivity contribution is 0.199. The first-order valence-corrected chi connectivity index (χ1v) is 6.32. The van der Waals surface area contributed by atoms with Gasteiger partial charge in [0.15, 0.2) is 5.82 Å². The maximum atomic E-state index is 13.0. The van der Waals surface area contributed by atoms with Crippen LogP contribution in [0.25, 0.3) is 0 Å². The Morgan fingerprint density at radius 1 is 1.39 bits per heavy atom. The van der Waals surface area contributed by atoms with Crippen molar-refractivity contribution in [3.05, 3.63) is 46.2 Å². The minimum absolute atomic E-state index is 0.0939. The third-order valence-corrected chi connectivity index (χ3v) is 3.28. The Morgan fingerprint density at radius 2 is 2.11 bits per heavy atom. The van der Waals surface area contributed by atoms with Gasteiger partial charge in [0.2, 0.25) is 0 Å². The van der Waals surface area contributed by atoms with Crippen LogP contribution < -0.4 is 0 Å². The molecule has 6 heteroatoms. The SMILES string of the molecule is CC(C)n1ncnc1C(O)c1ccc(F)cc1Br. The topological polar surface area (TPSA) is 50.9 Å². The highest BCUT2D eigenvalue weighted by atomic mass is 79.9. The lowest BCUT2D eigenvalue weighted by Gasteiger charge is -2.15. The van der Waals surface area contributed by atoms with Gasteiger partial charge in [-0.25, -0.2) is 14.1 Å². The minimum atomic E-state index is -0.940. The molecular weight excluding hydrogens is 301 g/mol. The molecule has 0 aliphatic rings. The molecule has 96 valence electrons. The van der Waals surface area contributed by atoms with Crippen molar-refractivity contribution in [2.45, 2.75) is 26.0 Å². The predicted octanol–water partition coefficient (Wildman–Crippen LogP) is 2.84. The van der Waals surface area contributed by atoms with Gasteiger partial charge in [0.25, 0.3) is 0 Å². The summed E-state index contributed by atoms with van der Waals surface area (Å²) in [5.74, 6) is 0.0838. The van der Waals surface area contributed by atoms with Crippen molar-refractivity contribution in [3.63, 3.8) is 0 Å². The average Bonchev–Trinajstić information content (AvgIpc) is 2.77. The van der Waals surface area contributed by atoms with Gasteiger partial charge in [-0.3, -0.25) is 0 Å². The molecule has 1 atom stereocenters. The molecule has 2 rings (SSSR count). The lowest BCUT2D eigenvalue weighted by Crippen LogP contribution is -2.13. The van der Waals surface area contributed by atoms with Gasteiger partial charge in [0.1, 0.15) is 18.2 Å². The van der Waals surface area contributed by atoms with E-state index in [0.29, 0.717) is 15.9 Å². The third-order valence-electron chi connectivity index (χ3n) is 2.59. The average molecular weight is 314 g/mol. The largest absolute Gasteiger partial charge is 0.380 e. The molecule has 0 bridgehead atoms. The molecule has 0 saturated heterocycles. The molecule has 0 saturated carbocycles. The highest BCUT2D eigenvalue weighted by molar-refractivity contribution is 9.10. The number of aliphatic hydroxyl groups is 1. The Morgan fingerprint density at radius 3 is 2.72 bits per heavy atom. The van der Waals surface area contributed by atoms with Crippen LogP contribution in [0, 0.1) is 5.82 Å². The number of benzene rings is 1. The van der Waals surface area contributed by atoms with E-state index in [-0.39, 0.29) is 11.9 Å². The molecule has 4 nitrogen and oxygen atoms in total. The van der Waals surface area contributed by atoms with Crippen molar-refractivity contribution >= 4 is 15.9 Å². The molecule has 1 N–H and O–H groups in total. The summed E-state index contributed by atoms with van der Waals surface area (Å²) in [5, 5.41) is 14.4. The van der Waals surface area contributed by atoms with Gasteiger partial charge in [-0.05, 0) is 26.0 Å². The highest BCUT2D eigenvalue weighted by Gasteiger charge is 2.20. The standard InChI is InChI=1S/C12H13BrFN3O/c1-7(2)17-12(15-6-16-17)11(18)9-4-3-8(14)5-10(9)13/h3-7,11,18H,1-2H3. The number of hydrogen-bond acceptors (Lipinski definition) is 3. The van der Waals surface area contributed by atoms with Gasteiger partial charge >= 0.3 is 0 Å². The van der Waals surface area contributed by atoms with Crippen LogP contribution in [0.15, 0.2) is 29.0 Å². The van der Waals surface area contributed by atoms with Crippen molar-refractivity contribution in [1.29, 1.82) is 0 Å². The zero-order valence-electron chi connectivity index (χ0n) is 10.0. The van der Waals surface area contributed by atoms with Gasteiger partial charge in [-0.2, -0.15) is 5.10 Å². The summed E-state index contributed by atoms with van der Waals surface area (Å²) in [6.45, 7) is 3.90. The zero-order chi connectivity index (χ0) is 13.3. The van der Waals surface area contributed by atoms with Crippen LogP contribution in [0.3, 0.4) is 0 Å². The van der Waals surface area contributed by atoms with Gasteiger partial charge < -0.3 is 5.11 Å². The molecule has 1 heterocycles. The van der Waals surface area contributed by atoms with Gasteiger partial charge in [0, 0.05) is 16.1 Å². The molecule has 1 unspecified atom stereocenters. The molecule has 0 aliphatic carbocycles. The van der Waals surface area contributed by atoms with E-state index in [9.17, 15) is 9.50 Å². The summed E-state index contributed by atoms with van der Waals surface area (Å²) in [7, 11) is 0. The van der Waals surface area contributed by atoms with E-state index in [1.165, 1.54) is 24.5 Å². The van der Waals surface area contributed by atoms with Gasteiger partial charge in [0.05, 0.1) is 0 Å². The van der Waals surface area contributed by atoms with E-state index < -0.39 is 6.10 Å². The first-order chi connectivity index (χ1) is 8.50. The second-order valence-corrected chi connectivity index (χ2v) is 5.08. The number of hydrogen-bond donors (Lipinski definition) is 1. The summed E-state index contributed by atoms with van der Waals surface area (Å²) < 4.78 is 15.2. The molecule has 18 heavy (non-hydrogen) atoms. The van der Waals surface area contributed by atoms with Gasteiger partial charge in [-0.15, -0.1) is 0 Å². The second-order valence-electron chi connectivity index (χ2n) is 4.22. The van der Waals surface area contributed by atoms with Crippen LogP contribution >= 0.6 is 15.9 Å². The number of nitrogens with zero attached hydrogens (tertiary/aromatic N) is 3. The van der Waals surface area contributed by atoms with Crippen molar-refractivity contribution in [2.75, 3.05) is 0 Å². The number of aliphatic hydroxyl groups excluding tert-OH is 1. The van der Waals surface area contributed by atoms with Crippen molar-refractivity contribution in [3.8, 4) is 0 Å². The first kappa shape index (κ1) is 13.2. The normalized spacial score (nSPS) is 13.0. The van der Waals surface area contributed by atoms with Crippen LogP contribution in [0.4, 0.5) is 4.39 Å². The predicted molar refractivity (Wildman–Crippen MR) is 68.6 cm³/mol. The van der Waals surface area contributed by atoms with E-state index in [1.54, 1.807) is 4.68 Å². The Bertz CT molecular complexity index is 556. The van der Waals surface area contributed by atoms with E-state index in [0.717, 1.165) is 0 Å². The van der Waals surface area contributed by atoms with E-state index >= 15 is 0 Å². The maximum Gasteiger partial charge on any atom is 0.160 e. The molecule has 0 fully saturated rings. The van der Waals surface area contributed by atoms with Crippen LogP contribution in [0.1, 0.15) is 37.4 Å². The fourth-order valence-electron chi connectivity index (χ4n) is 1.72. The fraction of sp³-hybridized carbons (Fsp3) is 0.333. The summed E-state index contributed by atoms with van der Waals surface area (Å²) in [5.41, 5.74) is 0.561. The van der Waals surface area contributed by atoms with Crippen LogP contribution in [-0.4, -0.2) is 19.9 Å². The fourth-order valence-corrected chi connectivity index (χ4v) is 2.28.